The summed E-state index contributed by atoms with van der Waals surface area (Å²) < 4.78 is 11.2. The molecule has 2 aromatic rings. The van der Waals surface area contributed by atoms with Crippen LogP contribution in [-0.2, 0) is 4.74 Å². The molecule has 1 heterocycles. The van der Waals surface area contributed by atoms with Gasteiger partial charge in [0.05, 0.1) is 13.7 Å². The molecule has 0 atom stereocenters. The maximum Gasteiger partial charge on any atom is 0.348 e. The zero-order valence-corrected chi connectivity index (χ0v) is 9.97. The number of methoxy groups -OCH3 is 1. The molecule has 0 aliphatic carbocycles. The van der Waals surface area contributed by atoms with Crippen molar-refractivity contribution in [2.45, 2.75) is 6.92 Å². The molecule has 4 heteroatoms. The zero-order valence-electron chi connectivity index (χ0n) is 9.15. The molecule has 1 aromatic carbocycles. The quantitative estimate of drug-likeness (QED) is 0.768. The fourth-order valence-electron chi connectivity index (χ4n) is 1.51. The van der Waals surface area contributed by atoms with Gasteiger partial charge in [0, 0.05) is 10.1 Å². The Balaban J connectivity index is 2.47. The Morgan fingerprint density at radius 3 is 2.94 bits per heavy atom. The van der Waals surface area contributed by atoms with Crippen molar-refractivity contribution in [3.63, 3.8) is 0 Å². The van der Waals surface area contributed by atoms with E-state index < -0.39 is 0 Å². The third-order valence-corrected chi connectivity index (χ3v) is 3.30. The highest BCUT2D eigenvalue weighted by molar-refractivity contribution is 7.20. The molecule has 0 unspecified atom stereocenters. The Bertz CT molecular complexity index is 516. The minimum Gasteiger partial charge on any atom is -0.496 e. The van der Waals surface area contributed by atoms with Crippen molar-refractivity contribution in [3.05, 3.63) is 29.1 Å². The first-order chi connectivity index (χ1) is 7.76. The highest BCUT2D eigenvalue weighted by atomic mass is 32.1. The lowest BCUT2D eigenvalue weighted by Gasteiger charge is -1.99. The smallest absolute Gasteiger partial charge is 0.348 e. The van der Waals surface area contributed by atoms with E-state index >= 15 is 0 Å². The summed E-state index contributed by atoms with van der Waals surface area (Å²) in [6.07, 6.45) is 0. The summed E-state index contributed by atoms with van der Waals surface area (Å²) in [6.45, 7) is 2.19. The SMILES string of the molecule is CCOC(=O)c1cc2c(OC)cccc2s1. The van der Waals surface area contributed by atoms with Gasteiger partial charge in [-0.05, 0) is 25.1 Å². The lowest BCUT2D eigenvalue weighted by molar-refractivity contribution is 0.0532. The minimum atomic E-state index is -0.272. The number of ether oxygens (including phenoxy) is 2. The van der Waals surface area contributed by atoms with E-state index in [0.717, 1.165) is 15.8 Å². The molecule has 16 heavy (non-hydrogen) atoms. The second-order valence-corrected chi connectivity index (χ2v) is 4.29. The van der Waals surface area contributed by atoms with Crippen LogP contribution in [0.4, 0.5) is 0 Å². The van der Waals surface area contributed by atoms with Gasteiger partial charge in [0.15, 0.2) is 0 Å². The molecule has 84 valence electrons. The number of carbonyl (C=O) groups is 1. The van der Waals surface area contributed by atoms with Crippen LogP contribution >= 0.6 is 11.3 Å². The monoisotopic (exact) mass is 236 g/mol. The van der Waals surface area contributed by atoms with Gasteiger partial charge in [0.25, 0.3) is 0 Å². The maximum absolute atomic E-state index is 11.6. The van der Waals surface area contributed by atoms with Gasteiger partial charge < -0.3 is 9.47 Å². The fourth-order valence-corrected chi connectivity index (χ4v) is 2.49. The normalized spacial score (nSPS) is 10.4. The van der Waals surface area contributed by atoms with Crippen molar-refractivity contribution < 1.29 is 14.3 Å². The molecular weight excluding hydrogens is 224 g/mol. The van der Waals surface area contributed by atoms with Crippen molar-refractivity contribution in [2.75, 3.05) is 13.7 Å². The zero-order chi connectivity index (χ0) is 11.5. The number of benzene rings is 1. The molecule has 0 fully saturated rings. The van der Waals surface area contributed by atoms with Crippen LogP contribution < -0.4 is 4.74 Å². The summed E-state index contributed by atoms with van der Waals surface area (Å²) >= 11 is 1.42. The molecule has 0 radical (unpaired) electrons. The van der Waals surface area contributed by atoms with Crippen LogP contribution in [0.1, 0.15) is 16.6 Å². The Hall–Kier alpha value is -1.55. The summed E-state index contributed by atoms with van der Waals surface area (Å²) in [5.74, 6) is 0.509. The van der Waals surface area contributed by atoms with Crippen molar-refractivity contribution in [3.8, 4) is 5.75 Å². The van der Waals surface area contributed by atoms with Crippen molar-refractivity contribution >= 4 is 27.4 Å². The number of thiophene rings is 1. The van der Waals surface area contributed by atoms with Crippen molar-refractivity contribution in [1.82, 2.24) is 0 Å². The second kappa shape index (κ2) is 4.53. The van der Waals surface area contributed by atoms with Crippen LogP contribution in [0.2, 0.25) is 0 Å². The van der Waals surface area contributed by atoms with Crippen LogP contribution in [0.15, 0.2) is 24.3 Å². The van der Waals surface area contributed by atoms with Crippen molar-refractivity contribution in [2.24, 2.45) is 0 Å². The molecule has 0 aliphatic rings. The van der Waals surface area contributed by atoms with Gasteiger partial charge in [-0.3, -0.25) is 0 Å². The van der Waals surface area contributed by atoms with Gasteiger partial charge in [0.2, 0.25) is 0 Å². The fraction of sp³-hybridized carbons (Fsp3) is 0.250. The third-order valence-electron chi connectivity index (χ3n) is 2.22. The average Bonchev–Trinajstić information content (AvgIpc) is 2.72. The molecule has 3 nitrogen and oxygen atoms in total. The lowest BCUT2D eigenvalue weighted by atomic mass is 10.2. The molecule has 0 aliphatic heterocycles. The number of rotatable bonds is 3. The molecule has 0 spiro atoms. The van der Waals surface area contributed by atoms with Crippen LogP contribution in [0.3, 0.4) is 0 Å². The van der Waals surface area contributed by atoms with Crippen molar-refractivity contribution in [1.29, 1.82) is 0 Å². The predicted octanol–water partition coefficient (Wildman–Crippen LogP) is 3.09. The second-order valence-electron chi connectivity index (χ2n) is 3.20. The molecule has 0 saturated heterocycles. The van der Waals surface area contributed by atoms with Gasteiger partial charge in [-0.1, -0.05) is 6.07 Å². The van der Waals surface area contributed by atoms with Crippen LogP contribution in [0.5, 0.6) is 5.75 Å². The first-order valence-corrected chi connectivity index (χ1v) is 5.81. The Kier molecular flexibility index (Phi) is 3.10. The van der Waals surface area contributed by atoms with Gasteiger partial charge in [-0.2, -0.15) is 0 Å². The van der Waals surface area contributed by atoms with E-state index in [1.165, 1.54) is 11.3 Å². The number of fused-ring (bicyclic) bond motifs is 1. The van der Waals surface area contributed by atoms with Gasteiger partial charge in [0.1, 0.15) is 10.6 Å². The molecule has 0 bridgehead atoms. The van der Waals surface area contributed by atoms with E-state index in [9.17, 15) is 4.79 Å². The van der Waals surface area contributed by atoms with Gasteiger partial charge in [-0.15, -0.1) is 11.3 Å². The standard InChI is InChI=1S/C12H12O3S/c1-3-15-12(13)11-7-8-9(14-2)5-4-6-10(8)16-11/h4-7H,3H2,1-2H3. The number of carbonyl (C=O) groups excluding carboxylic acids is 1. The summed E-state index contributed by atoms with van der Waals surface area (Å²) in [5, 5.41) is 0.957. The highest BCUT2D eigenvalue weighted by Gasteiger charge is 2.12. The van der Waals surface area contributed by atoms with E-state index in [1.807, 2.05) is 24.3 Å². The minimum absolute atomic E-state index is 0.272. The first kappa shape index (κ1) is 11.0. The van der Waals surface area contributed by atoms with Crippen LogP contribution in [0.25, 0.3) is 10.1 Å². The van der Waals surface area contributed by atoms with E-state index in [1.54, 1.807) is 14.0 Å². The van der Waals surface area contributed by atoms with Crippen LogP contribution in [-0.4, -0.2) is 19.7 Å². The highest BCUT2D eigenvalue weighted by Crippen LogP contribution is 2.32. The molecule has 0 amide bonds. The van der Waals surface area contributed by atoms with Crippen LogP contribution in [0, 0.1) is 0 Å². The number of esters is 1. The molecule has 2 rings (SSSR count). The Labute approximate surface area is 97.6 Å². The van der Waals surface area contributed by atoms with E-state index in [0.29, 0.717) is 11.5 Å². The molecule has 1 aromatic heterocycles. The van der Waals surface area contributed by atoms with E-state index in [4.69, 9.17) is 9.47 Å². The topological polar surface area (TPSA) is 35.5 Å². The predicted molar refractivity (Wildman–Crippen MR) is 64.3 cm³/mol. The van der Waals surface area contributed by atoms with E-state index in [2.05, 4.69) is 0 Å². The third kappa shape index (κ3) is 1.88. The Morgan fingerprint density at radius 2 is 2.25 bits per heavy atom. The summed E-state index contributed by atoms with van der Waals surface area (Å²) in [6, 6.07) is 7.57. The largest absolute Gasteiger partial charge is 0.496 e. The molecule has 0 saturated carbocycles. The van der Waals surface area contributed by atoms with Gasteiger partial charge in [-0.25, -0.2) is 4.79 Å². The summed E-state index contributed by atoms with van der Waals surface area (Å²) in [7, 11) is 1.62. The number of hydrogen-bond donors (Lipinski definition) is 0. The molecular formula is C12H12O3S. The summed E-state index contributed by atoms with van der Waals surface area (Å²) in [5.41, 5.74) is 0. The lowest BCUT2D eigenvalue weighted by Crippen LogP contribution is -2.01. The Morgan fingerprint density at radius 1 is 1.44 bits per heavy atom. The average molecular weight is 236 g/mol. The van der Waals surface area contributed by atoms with E-state index in [-0.39, 0.29) is 5.97 Å². The maximum atomic E-state index is 11.6. The van der Waals surface area contributed by atoms with Gasteiger partial charge >= 0.3 is 5.97 Å². The molecule has 0 N–H and O–H groups in total. The first-order valence-electron chi connectivity index (χ1n) is 5.00. The number of hydrogen-bond acceptors (Lipinski definition) is 4. The summed E-state index contributed by atoms with van der Waals surface area (Å²) in [4.78, 5) is 12.2.